The number of nitrogens with zero attached hydrogens (tertiary/aromatic N) is 3. The summed E-state index contributed by atoms with van der Waals surface area (Å²) in [5.41, 5.74) is 1.82. The van der Waals surface area contributed by atoms with Crippen molar-refractivity contribution in [2.75, 3.05) is 32.8 Å². The number of hydrogen-bond donors (Lipinski definition) is 1. The second kappa shape index (κ2) is 9.02. The first-order chi connectivity index (χ1) is 13.4. The van der Waals surface area contributed by atoms with Crippen LogP contribution >= 0.6 is 0 Å². The monoisotopic (exact) mass is 410 g/mol. The summed E-state index contributed by atoms with van der Waals surface area (Å²) in [5.74, 6) is 0.418. The van der Waals surface area contributed by atoms with E-state index in [0.29, 0.717) is 45.0 Å². The largest absolute Gasteiger partial charge is 0.493 e. The highest BCUT2D eigenvalue weighted by Gasteiger charge is 2.35. The van der Waals surface area contributed by atoms with Crippen molar-refractivity contribution in [2.45, 2.75) is 32.6 Å². The lowest BCUT2D eigenvalue weighted by Crippen LogP contribution is -2.42. The molecule has 1 unspecified atom stereocenters. The molecule has 0 radical (unpaired) electrons. The zero-order valence-corrected chi connectivity index (χ0v) is 17.1. The molecule has 0 spiro atoms. The Morgan fingerprint density at radius 1 is 1.29 bits per heavy atom. The molecule has 9 heteroatoms. The molecular weight excluding hydrogens is 383 g/mol. The van der Waals surface area contributed by atoms with Gasteiger partial charge in [-0.15, -0.1) is 0 Å². The van der Waals surface area contributed by atoms with Gasteiger partial charge in [0.25, 0.3) is 10.2 Å². The fraction of sp³-hybridized carbons (Fsp3) is 0.526. The van der Waals surface area contributed by atoms with E-state index in [9.17, 15) is 12.8 Å². The number of aromatic amines is 1. The highest BCUT2D eigenvalue weighted by Crippen LogP contribution is 2.29. The topological polar surface area (TPSA) is 78.5 Å². The van der Waals surface area contributed by atoms with E-state index in [0.717, 1.165) is 17.8 Å². The summed E-state index contributed by atoms with van der Waals surface area (Å²) in [6.07, 6.45) is 1.40. The van der Waals surface area contributed by atoms with E-state index < -0.39 is 10.2 Å². The SMILES string of the molecule is CCN(CC)S(=O)(=O)N1CCC(c2cc(CCOc3ccc(F)cc3)[nH]n2)C1. The van der Waals surface area contributed by atoms with Crippen LogP contribution < -0.4 is 4.74 Å². The summed E-state index contributed by atoms with van der Waals surface area (Å²) in [7, 11) is -3.40. The Balaban J connectivity index is 1.53. The number of H-pyrrole nitrogens is 1. The van der Waals surface area contributed by atoms with Gasteiger partial charge in [0.1, 0.15) is 11.6 Å². The molecule has 2 heterocycles. The summed E-state index contributed by atoms with van der Waals surface area (Å²) in [5, 5.41) is 7.38. The number of benzene rings is 1. The normalized spacial score (nSPS) is 18.1. The van der Waals surface area contributed by atoms with Gasteiger partial charge in [-0.3, -0.25) is 5.10 Å². The quantitative estimate of drug-likeness (QED) is 0.689. The van der Waals surface area contributed by atoms with Gasteiger partial charge in [-0.05, 0) is 36.8 Å². The Labute approximate surface area is 165 Å². The molecule has 28 heavy (non-hydrogen) atoms. The average molecular weight is 411 g/mol. The van der Waals surface area contributed by atoms with E-state index in [2.05, 4.69) is 10.2 Å². The van der Waals surface area contributed by atoms with Gasteiger partial charge in [0.15, 0.2) is 0 Å². The molecule has 1 atom stereocenters. The third-order valence-electron chi connectivity index (χ3n) is 5.03. The molecule has 1 aliphatic rings. The van der Waals surface area contributed by atoms with E-state index in [1.807, 2.05) is 19.9 Å². The van der Waals surface area contributed by atoms with Crippen LogP contribution in [0.2, 0.25) is 0 Å². The van der Waals surface area contributed by atoms with Gasteiger partial charge < -0.3 is 4.74 Å². The Morgan fingerprint density at radius 3 is 2.68 bits per heavy atom. The molecule has 0 saturated carbocycles. The summed E-state index contributed by atoms with van der Waals surface area (Å²) in [6.45, 7) is 6.06. The molecule has 1 aromatic carbocycles. The maximum absolute atomic E-state index is 12.9. The lowest BCUT2D eigenvalue weighted by molar-refractivity contribution is 0.320. The minimum Gasteiger partial charge on any atom is -0.493 e. The van der Waals surface area contributed by atoms with Crippen molar-refractivity contribution in [3.8, 4) is 5.75 Å². The maximum atomic E-state index is 12.9. The van der Waals surface area contributed by atoms with E-state index >= 15 is 0 Å². The zero-order chi connectivity index (χ0) is 20.1. The van der Waals surface area contributed by atoms with Gasteiger partial charge in [0.2, 0.25) is 0 Å². The summed E-state index contributed by atoms with van der Waals surface area (Å²) in [6, 6.07) is 7.89. The number of halogens is 1. The summed E-state index contributed by atoms with van der Waals surface area (Å²) in [4.78, 5) is 0. The first-order valence-electron chi connectivity index (χ1n) is 9.61. The first kappa shape index (κ1) is 20.8. The van der Waals surface area contributed by atoms with Gasteiger partial charge >= 0.3 is 0 Å². The predicted octanol–water partition coefficient (Wildman–Crippen LogP) is 2.55. The molecule has 2 aromatic rings. The van der Waals surface area contributed by atoms with Crippen LogP contribution in [0.15, 0.2) is 30.3 Å². The molecule has 1 N–H and O–H groups in total. The molecule has 1 aromatic heterocycles. The number of hydrogen-bond acceptors (Lipinski definition) is 4. The van der Waals surface area contributed by atoms with Crippen molar-refractivity contribution in [2.24, 2.45) is 0 Å². The van der Waals surface area contributed by atoms with Crippen LogP contribution in [0.3, 0.4) is 0 Å². The smallest absolute Gasteiger partial charge is 0.281 e. The zero-order valence-electron chi connectivity index (χ0n) is 16.3. The summed E-state index contributed by atoms with van der Waals surface area (Å²) >= 11 is 0. The number of nitrogens with one attached hydrogen (secondary N) is 1. The number of ether oxygens (including phenoxy) is 1. The first-order valence-corrected chi connectivity index (χ1v) is 11.0. The lowest BCUT2D eigenvalue weighted by atomic mass is 10.0. The second-order valence-corrected chi connectivity index (χ2v) is 8.73. The van der Waals surface area contributed by atoms with Gasteiger partial charge in [-0.2, -0.15) is 22.1 Å². The lowest BCUT2D eigenvalue weighted by Gasteiger charge is -2.25. The van der Waals surface area contributed by atoms with Crippen LogP contribution in [-0.2, 0) is 16.6 Å². The molecule has 1 saturated heterocycles. The van der Waals surface area contributed by atoms with Crippen molar-refractivity contribution in [1.82, 2.24) is 18.8 Å². The van der Waals surface area contributed by atoms with Crippen LogP contribution in [0.5, 0.6) is 5.75 Å². The standard InChI is InChI=1S/C19H27FN4O3S/c1-3-23(4-2)28(25,26)24-11-9-15(14-24)19-13-17(21-22-19)10-12-27-18-7-5-16(20)6-8-18/h5-8,13,15H,3-4,9-12,14H2,1-2H3,(H,21,22). The Bertz CT molecular complexity index is 866. The van der Waals surface area contributed by atoms with E-state index in [-0.39, 0.29) is 11.7 Å². The summed E-state index contributed by atoms with van der Waals surface area (Å²) < 4.78 is 46.9. The highest BCUT2D eigenvalue weighted by atomic mass is 32.2. The molecular formula is C19H27FN4O3S. The number of aromatic nitrogens is 2. The van der Waals surface area contributed by atoms with E-state index in [4.69, 9.17) is 4.74 Å². The van der Waals surface area contributed by atoms with Gasteiger partial charge in [-0.25, -0.2) is 4.39 Å². The highest BCUT2D eigenvalue weighted by molar-refractivity contribution is 7.86. The minimum absolute atomic E-state index is 0.0911. The fourth-order valence-electron chi connectivity index (χ4n) is 3.42. The Hall–Kier alpha value is -1.97. The molecule has 0 amide bonds. The van der Waals surface area contributed by atoms with Gasteiger partial charge in [0.05, 0.1) is 12.3 Å². The number of rotatable bonds is 9. The predicted molar refractivity (Wildman–Crippen MR) is 105 cm³/mol. The molecule has 1 fully saturated rings. The van der Waals surface area contributed by atoms with Crippen LogP contribution in [0.1, 0.15) is 37.6 Å². The molecule has 3 rings (SSSR count). The van der Waals surface area contributed by atoms with Crippen LogP contribution in [-0.4, -0.2) is 60.0 Å². The third-order valence-corrected chi connectivity index (χ3v) is 7.18. The average Bonchev–Trinajstić information content (AvgIpc) is 3.34. The molecule has 154 valence electrons. The minimum atomic E-state index is -3.40. The van der Waals surface area contributed by atoms with Crippen molar-refractivity contribution in [3.63, 3.8) is 0 Å². The van der Waals surface area contributed by atoms with Crippen LogP contribution in [0, 0.1) is 5.82 Å². The molecule has 7 nitrogen and oxygen atoms in total. The molecule has 1 aliphatic heterocycles. The fourth-order valence-corrected chi connectivity index (χ4v) is 5.10. The van der Waals surface area contributed by atoms with Gasteiger partial charge in [-0.1, -0.05) is 13.8 Å². The van der Waals surface area contributed by atoms with Crippen molar-refractivity contribution in [1.29, 1.82) is 0 Å². The van der Waals surface area contributed by atoms with Crippen molar-refractivity contribution in [3.05, 3.63) is 47.5 Å². The molecule has 0 bridgehead atoms. The van der Waals surface area contributed by atoms with Crippen LogP contribution in [0.25, 0.3) is 0 Å². The van der Waals surface area contributed by atoms with Crippen LogP contribution in [0.4, 0.5) is 4.39 Å². The van der Waals surface area contributed by atoms with Crippen molar-refractivity contribution >= 4 is 10.2 Å². The Kier molecular flexibility index (Phi) is 6.69. The second-order valence-electron chi connectivity index (χ2n) is 6.81. The van der Waals surface area contributed by atoms with E-state index in [1.54, 1.807) is 16.4 Å². The molecule has 0 aliphatic carbocycles. The maximum Gasteiger partial charge on any atom is 0.281 e. The van der Waals surface area contributed by atoms with E-state index in [1.165, 1.54) is 16.4 Å². The van der Waals surface area contributed by atoms with Crippen molar-refractivity contribution < 1.29 is 17.5 Å². The third kappa shape index (κ3) is 4.71. The Morgan fingerprint density at radius 2 is 2.00 bits per heavy atom. The van der Waals surface area contributed by atoms with Gasteiger partial charge in [0, 0.05) is 44.2 Å².